The number of aromatic nitrogens is 4. The van der Waals surface area contributed by atoms with Crippen molar-refractivity contribution in [2.45, 2.75) is 51.4 Å². The van der Waals surface area contributed by atoms with Crippen molar-refractivity contribution < 1.29 is 4.79 Å². The monoisotopic (exact) mass is 300 g/mol. The molecule has 0 aliphatic heterocycles. The molecule has 1 rings (SSSR count). The maximum Gasteiger partial charge on any atom is 0.230 e. The van der Waals surface area contributed by atoms with Crippen LogP contribution in [0.3, 0.4) is 0 Å². The van der Waals surface area contributed by atoms with Crippen molar-refractivity contribution in [2.75, 3.05) is 12.3 Å². The van der Waals surface area contributed by atoms with Crippen LogP contribution >= 0.6 is 11.8 Å². The van der Waals surface area contributed by atoms with Crippen LogP contribution in [0, 0.1) is 5.92 Å². The molecule has 0 fully saturated rings. The van der Waals surface area contributed by atoms with Crippen molar-refractivity contribution in [3.8, 4) is 0 Å². The van der Waals surface area contributed by atoms with Gasteiger partial charge >= 0.3 is 0 Å². The van der Waals surface area contributed by atoms with E-state index in [0.717, 1.165) is 12.8 Å². The molecular weight excluding hydrogens is 276 g/mol. The van der Waals surface area contributed by atoms with Crippen LogP contribution in [0.15, 0.2) is 5.16 Å². The summed E-state index contributed by atoms with van der Waals surface area (Å²) in [5.41, 5.74) is 5.46. The minimum absolute atomic E-state index is 0.00792. The molecule has 0 radical (unpaired) electrons. The predicted octanol–water partition coefficient (Wildman–Crippen LogP) is 0.665. The van der Waals surface area contributed by atoms with E-state index >= 15 is 0 Å². The van der Waals surface area contributed by atoms with E-state index in [2.05, 4.69) is 34.7 Å². The molecule has 1 heterocycles. The van der Waals surface area contributed by atoms with Crippen LogP contribution in [0.1, 0.15) is 33.6 Å². The van der Waals surface area contributed by atoms with Gasteiger partial charge in [0.15, 0.2) is 0 Å². The van der Waals surface area contributed by atoms with E-state index in [9.17, 15) is 4.79 Å². The lowest BCUT2D eigenvalue weighted by Crippen LogP contribution is -2.34. The zero-order valence-electron chi connectivity index (χ0n) is 12.4. The van der Waals surface area contributed by atoms with Crippen molar-refractivity contribution >= 4 is 17.7 Å². The van der Waals surface area contributed by atoms with Gasteiger partial charge in [0, 0.05) is 12.6 Å². The standard InChI is InChI=1S/C12H24N6OS/c1-9(2)4-5-10(3)14-11(19)8-20-12-15-16-17-18(12)7-6-13/h9-10H,4-8,13H2,1-3H3,(H,14,19). The van der Waals surface area contributed by atoms with E-state index in [1.54, 1.807) is 4.68 Å². The predicted molar refractivity (Wildman–Crippen MR) is 79.3 cm³/mol. The molecule has 1 amide bonds. The van der Waals surface area contributed by atoms with Crippen LogP contribution in [0.5, 0.6) is 0 Å². The van der Waals surface area contributed by atoms with Crippen molar-refractivity contribution in [1.82, 2.24) is 25.5 Å². The van der Waals surface area contributed by atoms with Gasteiger partial charge in [0.2, 0.25) is 11.1 Å². The summed E-state index contributed by atoms with van der Waals surface area (Å²) in [6.45, 7) is 7.42. The fourth-order valence-electron chi connectivity index (χ4n) is 1.66. The molecule has 0 aromatic carbocycles. The minimum atomic E-state index is 0.00792. The second kappa shape index (κ2) is 8.91. The highest BCUT2D eigenvalue weighted by atomic mass is 32.2. The molecule has 1 unspecified atom stereocenters. The Morgan fingerprint density at radius 1 is 1.40 bits per heavy atom. The largest absolute Gasteiger partial charge is 0.353 e. The number of nitrogens with one attached hydrogen (secondary N) is 1. The van der Waals surface area contributed by atoms with Gasteiger partial charge < -0.3 is 11.1 Å². The average Bonchev–Trinajstić information content (AvgIpc) is 2.82. The Morgan fingerprint density at radius 2 is 2.15 bits per heavy atom. The lowest BCUT2D eigenvalue weighted by molar-refractivity contribution is -0.119. The molecule has 0 saturated carbocycles. The number of thioether (sulfide) groups is 1. The van der Waals surface area contributed by atoms with Gasteiger partial charge in [-0.05, 0) is 36.1 Å². The number of carbonyl (C=O) groups excluding carboxylic acids is 1. The third-order valence-corrected chi connectivity index (χ3v) is 3.71. The van der Waals surface area contributed by atoms with Crippen molar-refractivity contribution in [3.05, 3.63) is 0 Å². The highest BCUT2D eigenvalue weighted by Gasteiger charge is 2.11. The summed E-state index contributed by atoms with van der Waals surface area (Å²) in [5, 5.41) is 14.9. The molecule has 8 heteroatoms. The molecule has 1 aromatic heterocycles. The van der Waals surface area contributed by atoms with Crippen LogP contribution in [0.2, 0.25) is 0 Å². The Morgan fingerprint density at radius 3 is 2.80 bits per heavy atom. The summed E-state index contributed by atoms with van der Waals surface area (Å²) in [5.74, 6) is 0.981. The van der Waals surface area contributed by atoms with Crippen molar-refractivity contribution in [3.63, 3.8) is 0 Å². The van der Waals surface area contributed by atoms with Crippen LogP contribution in [-0.2, 0) is 11.3 Å². The number of nitrogens with zero attached hydrogens (tertiary/aromatic N) is 4. The lowest BCUT2D eigenvalue weighted by Gasteiger charge is -2.14. The normalized spacial score (nSPS) is 12.7. The molecule has 0 bridgehead atoms. The number of hydrogen-bond donors (Lipinski definition) is 2. The van der Waals surface area contributed by atoms with Crippen LogP contribution in [-0.4, -0.2) is 44.5 Å². The molecule has 0 aliphatic carbocycles. The fraction of sp³-hybridized carbons (Fsp3) is 0.833. The molecule has 0 saturated heterocycles. The molecule has 0 spiro atoms. The zero-order valence-corrected chi connectivity index (χ0v) is 13.2. The summed E-state index contributed by atoms with van der Waals surface area (Å²) in [7, 11) is 0. The first kappa shape index (κ1) is 16.9. The Kier molecular flexibility index (Phi) is 7.53. The summed E-state index contributed by atoms with van der Waals surface area (Å²) in [4.78, 5) is 11.8. The Labute approximate surface area is 124 Å². The van der Waals surface area contributed by atoms with Gasteiger partial charge in [-0.2, -0.15) is 0 Å². The maximum atomic E-state index is 11.8. The van der Waals surface area contributed by atoms with Crippen LogP contribution < -0.4 is 11.1 Å². The molecular formula is C12H24N6OS. The topological polar surface area (TPSA) is 98.7 Å². The van der Waals surface area contributed by atoms with Gasteiger partial charge in [-0.15, -0.1) is 5.10 Å². The number of rotatable bonds is 9. The number of tetrazole rings is 1. The van der Waals surface area contributed by atoms with Crippen LogP contribution in [0.4, 0.5) is 0 Å². The zero-order chi connectivity index (χ0) is 15.0. The molecule has 7 nitrogen and oxygen atoms in total. The van der Waals surface area contributed by atoms with E-state index < -0.39 is 0 Å². The maximum absolute atomic E-state index is 11.8. The van der Waals surface area contributed by atoms with Crippen LogP contribution in [0.25, 0.3) is 0 Å². The van der Waals surface area contributed by atoms with Gasteiger partial charge in [0.05, 0.1) is 12.3 Å². The second-order valence-electron chi connectivity index (χ2n) is 5.20. The van der Waals surface area contributed by atoms with Crippen molar-refractivity contribution in [1.29, 1.82) is 0 Å². The Hall–Kier alpha value is -1.15. The van der Waals surface area contributed by atoms with E-state index in [1.807, 2.05) is 6.92 Å². The summed E-state index contributed by atoms with van der Waals surface area (Å²) < 4.78 is 1.61. The molecule has 114 valence electrons. The van der Waals surface area contributed by atoms with Gasteiger partial charge in [-0.25, -0.2) is 4.68 Å². The number of amides is 1. The third kappa shape index (κ3) is 6.33. The molecule has 3 N–H and O–H groups in total. The lowest BCUT2D eigenvalue weighted by atomic mass is 10.0. The highest BCUT2D eigenvalue weighted by molar-refractivity contribution is 7.99. The SMILES string of the molecule is CC(C)CCC(C)NC(=O)CSc1nnnn1CCN. The number of hydrogen-bond acceptors (Lipinski definition) is 6. The molecule has 1 atom stereocenters. The molecule has 0 aliphatic rings. The fourth-order valence-corrected chi connectivity index (χ4v) is 2.38. The van der Waals surface area contributed by atoms with E-state index in [-0.39, 0.29) is 11.9 Å². The first-order valence-corrected chi connectivity index (χ1v) is 7.89. The van der Waals surface area contributed by atoms with E-state index in [0.29, 0.717) is 29.9 Å². The first-order valence-electron chi connectivity index (χ1n) is 6.91. The average molecular weight is 300 g/mol. The quantitative estimate of drug-likeness (QED) is 0.650. The Bertz CT molecular complexity index is 408. The minimum Gasteiger partial charge on any atom is -0.353 e. The summed E-state index contributed by atoms with van der Waals surface area (Å²) in [6, 6.07) is 0.200. The van der Waals surface area contributed by atoms with Crippen molar-refractivity contribution in [2.24, 2.45) is 11.7 Å². The second-order valence-corrected chi connectivity index (χ2v) is 6.14. The number of nitrogens with two attached hydrogens (primary N) is 1. The highest BCUT2D eigenvalue weighted by Crippen LogP contribution is 2.13. The number of carbonyl (C=O) groups is 1. The van der Waals surface area contributed by atoms with Gasteiger partial charge in [0.25, 0.3) is 0 Å². The van der Waals surface area contributed by atoms with Gasteiger partial charge in [-0.1, -0.05) is 25.6 Å². The van der Waals surface area contributed by atoms with Gasteiger partial charge in [-0.3, -0.25) is 4.79 Å². The third-order valence-electron chi connectivity index (χ3n) is 2.76. The Balaban J connectivity index is 2.30. The smallest absolute Gasteiger partial charge is 0.230 e. The molecule has 20 heavy (non-hydrogen) atoms. The summed E-state index contributed by atoms with van der Waals surface area (Å²) in [6.07, 6.45) is 2.11. The first-order chi connectivity index (χ1) is 9.52. The summed E-state index contributed by atoms with van der Waals surface area (Å²) >= 11 is 1.33. The van der Waals surface area contributed by atoms with Gasteiger partial charge in [0.1, 0.15) is 0 Å². The van der Waals surface area contributed by atoms with E-state index in [1.165, 1.54) is 11.8 Å². The van der Waals surface area contributed by atoms with E-state index in [4.69, 9.17) is 5.73 Å². The molecule has 1 aromatic rings.